The maximum atomic E-state index is 13.0. The van der Waals surface area contributed by atoms with Crippen molar-refractivity contribution in [3.8, 4) is 5.69 Å². The number of hydrogen-bond acceptors (Lipinski definition) is 4. The van der Waals surface area contributed by atoms with Crippen LogP contribution < -0.4 is 10.7 Å². The molecule has 1 N–H and O–H groups in total. The average molecular weight is 323 g/mol. The van der Waals surface area contributed by atoms with E-state index in [1.165, 1.54) is 24.4 Å². The molecule has 5 nitrogen and oxygen atoms in total. The van der Waals surface area contributed by atoms with Gasteiger partial charge in [0, 0.05) is 31.6 Å². The molecule has 0 saturated heterocycles. The number of alkyl halides is 3. The molecule has 0 fully saturated rings. The molecule has 120 valence electrons. The number of benzene rings is 1. The van der Waals surface area contributed by atoms with Crippen molar-refractivity contribution in [1.29, 1.82) is 0 Å². The standard InChI is InChI=1S/C15H12F3N3O2/c1-19-8-6-12(22)14-13(23)7-9-21(20-14)11-5-3-2-4-10(11)15(16,17)18/h2-9,19H,1H3/b8-6+. The Morgan fingerprint density at radius 3 is 2.61 bits per heavy atom. The summed E-state index contributed by atoms with van der Waals surface area (Å²) in [6, 6.07) is 5.76. The number of para-hydroxylation sites is 1. The first-order valence-electron chi connectivity index (χ1n) is 6.49. The molecule has 0 saturated carbocycles. The van der Waals surface area contributed by atoms with Gasteiger partial charge in [-0.3, -0.25) is 9.59 Å². The Morgan fingerprint density at radius 1 is 1.26 bits per heavy atom. The molecule has 0 aliphatic rings. The van der Waals surface area contributed by atoms with Crippen LogP contribution in [0.2, 0.25) is 0 Å². The van der Waals surface area contributed by atoms with E-state index in [9.17, 15) is 22.8 Å². The smallest absolute Gasteiger partial charge is 0.394 e. The van der Waals surface area contributed by atoms with Gasteiger partial charge >= 0.3 is 6.18 Å². The van der Waals surface area contributed by atoms with E-state index < -0.39 is 28.6 Å². The Labute approximate surface area is 129 Å². The van der Waals surface area contributed by atoms with Gasteiger partial charge < -0.3 is 5.32 Å². The van der Waals surface area contributed by atoms with Crippen LogP contribution in [0, 0.1) is 0 Å². The Morgan fingerprint density at radius 2 is 1.96 bits per heavy atom. The Bertz CT molecular complexity index is 810. The van der Waals surface area contributed by atoms with Gasteiger partial charge in [0.2, 0.25) is 11.2 Å². The molecule has 8 heteroatoms. The monoisotopic (exact) mass is 323 g/mol. The quantitative estimate of drug-likeness (QED) is 0.692. The van der Waals surface area contributed by atoms with E-state index in [0.717, 1.165) is 29.1 Å². The molecule has 0 radical (unpaired) electrons. The fourth-order valence-electron chi connectivity index (χ4n) is 1.86. The van der Waals surface area contributed by atoms with E-state index in [1.54, 1.807) is 7.05 Å². The van der Waals surface area contributed by atoms with E-state index in [1.807, 2.05) is 0 Å². The minimum absolute atomic E-state index is 0.272. The van der Waals surface area contributed by atoms with Gasteiger partial charge in [-0.2, -0.15) is 18.3 Å². The van der Waals surface area contributed by atoms with Gasteiger partial charge in [0.25, 0.3) is 0 Å². The fourth-order valence-corrected chi connectivity index (χ4v) is 1.86. The molecule has 2 rings (SSSR count). The second-order valence-electron chi connectivity index (χ2n) is 4.47. The van der Waals surface area contributed by atoms with Crippen molar-refractivity contribution >= 4 is 5.78 Å². The van der Waals surface area contributed by atoms with Crippen molar-refractivity contribution < 1.29 is 18.0 Å². The van der Waals surface area contributed by atoms with Gasteiger partial charge in [-0.15, -0.1) is 0 Å². The summed E-state index contributed by atoms with van der Waals surface area (Å²) >= 11 is 0. The zero-order chi connectivity index (χ0) is 17.0. The van der Waals surface area contributed by atoms with Crippen LogP contribution >= 0.6 is 0 Å². The molecule has 0 spiro atoms. The first kappa shape index (κ1) is 16.5. The van der Waals surface area contributed by atoms with Gasteiger partial charge in [0.05, 0.1) is 11.3 Å². The predicted molar refractivity (Wildman–Crippen MR) is 77.4 cm³/mol. The number of halogens is 3. The van der Waals surface area contributed by atoms with Crippen LogP contribution in [-0.2, 0) is 6.18 Å². The predicted octanol–water partition coefficient (Wildman–Crippen LogP) is 2.17. The topological polar surface area (TPSA) is 64.0 Å². The SMILES string of the molecule is CN/C=C/C(=O)c1nn(-c2ccccc2C(F)(F)F)ccc1=O. The van der Waals surface area contributed by atoms with Crippen LogP contribution in [0.1, 0.15) is 16.1 Å². The van der Waals surface area contributed by atoms with Gasteiger partial charge in [0.15, 0.2) is 5.69 Å². The van der Waals surface area contributed by atoms with Crippen LogP contribution in [0.5, 0.6) is 0 Å². The third-order valence-electron chi connectivity index (χ3n) is 2.90. The maximum Gasteiger partial charge on any atom is 0.418 e. The number of allylic oxidation sites excluding steroid dienone is 1. The molecular weight excluding hydrogens is 311 g/mol. The highest BCUT2D eigenvalue weighted by Crippen LogP contribution is 2.33. The van der Waals surface area contributed by atoms with Crippen molar-refractivity contribution in [3.05, 3.63) is 70.3 Å². The molecule has 0 amide bonds. The summed E-state index contributed by atoms with van der Waals surface area (Å²) in [4.78, 5) is 23.6. The molecule has 0 unspecified atom stereocenters. The first-order chi connectivity index (χ1) is 10.8. The Hall–Kier alpha value is -2.90. The van der Waals surface area contributed by atoms with Crippen LogP contribution in [0.15, 0.2) is 53.6 Å². The normalized spacial score (nSPS) is 11.7. The molecule has 1 heterocycles. The molecule has 0 bridgehead atoms. The lowest BCUT2D eigenvalue weighted by Crippen LogP contribution is -2.21. The van der Waals surface area contributed by atoms with E-state index in [-0.39, 0.29) is 5.69 Å². The van der Waals surface area contributed by atoms with Crippen LogP contribution in [0.3, 0.4) is 0 Å². The van der Waals surface area contributed by atoms with Crippen molar-refractivity contribution in [2.24, 2.45) is 0 Å². The number of aromatic nitrogens is 2. The number of carbonyl (C=O) groups is 1. The molecule has 0 aliphatic heterocycles. The summed E-state index contributed by atoms with van der Waals surface area (Å²) in [5.41, 5.74) is -2.32. The maximum absolute atomic E-state index is 13.0. The van der Waals surface area contributed by atoms with Gasteiger partial charge in [-0.1, -0.05) is 12.1 Å². The lowest BCUT2D eigenvalue weighted by atomic mass is 10.1. The molecule has 0 atom stereocenters. The number of carbonyl (C=O) groups excluding carboxylic acids is 1. The number of hydrogen-bond donors (Lipinski definition) is 1. The summed E-state index contributed by atoms with van der Waals surface area (Å²) in [7, 11) is 1.56. The van der Waals surface area contributed by atoms with Crippen molar-refractivity contribution in [1.82, 2.24) is 15.1 Å². The molecular formula is C15H12F3N3O2. The summed E-state index contributed by atoms with van der Waals surface area (Å²) in [6.07, 6.45) is -1.13. The van der Waals surface area contributed by atoms with Gasteiger partial charge in [0.1, 0.15) is 0 Å². The summed E-state index contributed by atoms with van der Waals surface area (Å²) < 4.78 is 40.0. The average Bonchev–Trinajstić information content (AvgIpc) is 2.52. The summed E-state index contributed by atoms with van der Waals surface area (Å²) in [5.74, 6) is -0.705. The van der Waals surface area contributed by atoms with E-state index in [4.69, 9.17) is 0 Å². The molecule has 1 aromatic heterocycles. The lowest BCUT2D eigenvalue weighted by molar-refractivity contribution is -0.137. The Balaban J connectivity index is 2.57. The largest absolute Gasteiger partial charge is 0.418 e. The van der Waals surface area contributed by atoms with E-state index in [2.05, 4.69) is 10.4 Å². The van der Waals surface area contributed by atoms with E-state index >= 15 is 0 Å². The zero-order valence-electron chi connectivity index (χ0n) is 12.0. The number of rotatable bonds is 4. The van der Waals surface area contributed by atoms with Crippen molar-refractivity contribution in [3.63, 3.8) is 0 Å². The van der Waals surface area contributed by atoms with Crippen LogP contribution in [-0.4, -0.2) is 22.6 Å². The third-order valence-corrected chi connectivity index (χ3v) is 2.90. The molecule has 0 aliphatic carbocycles. The third kappa shape index (κ3) is 3.65. The highest BCUT2D eigenvalue weighted by molar-refractivity contribution is 6.02. The lowest BCUT2D eigenvalue weighted by Gasteiger charge is -2.14. The summed E-state index contributed by atoms with van der Waals surface area (Å²) in [6.45, 7) is 0. The second-order valence-corrected chi connectivity index (χ2v) is 4.47. The first-order valence-corrected chi connectivity index (χ1v) is 6.49. The summed E-state index contributed by atoms with van der Waals surface area (Å²) in [5, 5.41) is 6.32. The number of nitrogens with one attached hydrogen (secondary N) is 1. The van der Waals surface area contributed by atoms with Gasteiger partial charge in [-0.25, -0.2) is 4.68 Å². The van der Waals surface area contributed by atoms with Gasteiger partial charge in [-0.05, 0) is 12.1 Å². The fraction of sp³-hybridized carbons (Fsp3) is 0.133. The molecule has 1 aromatic carbocycles. The highest BCUT2D eigenvalue weighted by atomic mass is 19.4. The van der Waals surface area contributed by atoms with E-state index in [0.29, 0.717) is 0 Å². The van der Waals surface area contributed by atoms with Crippen LogP contribution in [0.25, 0.3) is 5.69 Å². The second kappa shape index (κ2) is 6.47. The highest BCUT2D eigenvalue weighted by Gasteiger charge is 2.33. The number of ketones is 1. The number of nitrogens with zero attached hydrogens (tertiary/aromatic N) is 2. The van der Waals surface area contributed by atoms with Crippen molar-refractivity contribution in [2.75, 3.05) is 7.05 Å². The minimum atomic E-state index is -4.59. The zero-order valence-corrected chi connectivity index (χ0v) is 12.0. The van der Waals surface area contributed by atoms with Crippen molar-refractivity contribution in [2.45, 2.75) is 6.18 Å². The molecule has 23 heavy (non-hydrogen) atoms. The Kier molecular flexibility index (Phi) is 4.63. The molecule has 2 aromatic rings. The minimum Gasteiger partial charge on any atom is -0.394 e. The van der Waals surface area contributed by atoms with Crippen LogP contribution in [0.4, 0.5) is 13.2 Å².